The van der Waals surface area contributed by atoms with Crippen LogP contribution in [0.25, 0.3) is 22.2 Å². The monoisotopic (exact) mass is 327 g/mol. The molecule has 4 rings (SSSR count). The van der Waals surface area contributed by atoms with E-state index in [1.165, 1.54) is 6.07 Å². The van der Waals surface area contributed by atoms with Crippen LogP contribution in [0.3, 0.4) is 0 Å². The average Bonchev–Trinajstić information content (AvgIpc) is 3.01. The molecule has 0 atom stereocenters. The van der Waals surface area contributed by atoms with Crippen molar-refractivity contribution in [2.24, 2.45) is 0 Å². The third-order valence-corrected chi connectivity index (χ3v) is 4.04. The van der Waals surface area contributed by atoms with Gasteiger partial charge in [-0.25, -0.2) is 4.39 Å². The molecule has 6 heteroatoms. The summed E-state index contributed by atoms with van der Waals surface area (Å²) in [6.45, 7) is 2.52. The number of H-pyrrole nitrogens is 1. The Balaban J connectivity index is 1.80. The van der Waals surface area contributed by atoms with Crippen molar-refractivity contribution in [2.45, 2.75) is 6.42 Å². The van der Waals surface area contributed by atoms with Crippen molar-refractivity contribution in [3.8, 4) is 22.8 Å². The van der Waals surface area contributed by atoms with E-state index in [1.807, 2.05) is 18.2 Å². The first kappa shape index (κ1) is 15.0. The normalized spacial score (nSPS) is 15.4. The van der Waals surface area contributed by atoms with Crippen LogP contribution in [-0.4, -0.2) is 36.5 Å². The standard InChI is InChI=1S/C18H18FN3O2/c19-15-4-2-12-10-17(15)24-9-7-20-6-1-8-23-13-3-5-16-14(11-13)18(12)22-21-16/h2-5,10-11,20H,1,6-9H2,(H,21,22). The third-order valence-electron chi connectivity index (χ3n) is 4.04. The lowest BCUT2D eigenvalue weighted by Gasteiger charge is -2.09. The van der Waals surface area contributed by atoms with Gasteiger partial charge in [-0.3, -0.25) is 5.10 Å². The summed E-state index contributed by atoms with van der Waals surface area (Å²) in [6, 6.07) is 10.6. The number of hydrogen-bond donors (Lipinski definition) is 2. The zero-order chi connectivity index (χ0) is 16.4. The molecule has 0 fully saturated rings. The number of hydrogen-bond acceptors (Lipinski definition) is 4. The van der Waals surface area contributed by atoms with Gasteiger partial charge in [0.25, 0.3) is 0 Å². The van der Waals surface area contributed by atoms with Crippen LogP contribution in [0.15, 0.2) is 36.4 Å². The number of rotatable bonds is 0. The SMILES string of the molecule is Fc1ccc2cc1OCCNCCCOc1ccc3[nH]nc-2c3c1. The number of nitrogens with one attached hydrogen (secondary N) is 2. The van der Waals surface area contributed by atoms with Crippen molar-refractivity contribution in [1.82, 2.24) is 15.5 Å². The van der Waals surface area contributed by atoms with E-state index in [-0.39, 0.29) is 11.6 Å². The van der Waals surface area contributed by atoms with Gasteiger partial charge in [-0.1, -0.05) is 0 Å². The van der Waals surface area contributed by atoms with Crippen molar-refractivity contribution in [1.29, 1.82) is 0 Å². The molecule has 2 aromatic carbocycles. The van der Waals surface area contributed by atoms with E-state index in [4.69, 9.17) is 9.47 Å². The molecule has 0 spiro atoms. The Kier molecular flexibility index (Phi) is 4.04. The van der Waals surface area contributed by atoms with E-state index < -0.39 is 0 Å². The summed E-state index contributed by atoms with van der Waals surface area (Å²) in [7, 11) is 0. The van der Waals surface area contributed by atoms with Crippen molar-refractivity contribution in [2.75, 3.05) is 26.3 Å². The molecule has 0 radical (unpaired) electrons. The van der Waals surface area contributed by atoms with Gasteiger partial charge in [0, 0.05) is 17.5 Å². The molecule has 2 heterocycles. The van der Waals surface area contributed by atoms with Crippen LogP contribution in [0.2, 0.25) is 0 Å². The summed E-state index contributed by atoms with van der Waals surface area (Å²) >= 11 is 0. The van der Waals surface area contributed by atoms with Crippen molar-refractivity contribution in [3.05, 3.63) is 42.2 Å². The first-order chi connectivity index (χ1) is 11.8. The lowest BCUT2D eigenvalue weighted by atomic mass is 10.1. The fourth-order valence-corrected chi connectivity index (χ4v) is 2.81. The Morgan fingerprint density at radius 2 is 1.96 bits per heavy atom. The predicted octanol–water partition coefficient (Wildman–Crippen LogP) is 3.12. The topological polar surface area (TPSA) is 59.2 Å². The minimum Gasteiger partial charge on any atom is -0.494 e. The van der Waals surface area contributed by atoms with Crippen LogP contribution in [0.1, 0.15) is 6.42 Å². The Morgan fingerprint density at radius 1 is 1.00 bits per heavy atom. The summed E-state index contributed by atoms with van der Waals surface area (Å²) in [4.78, 5) is 0. The maximum Gasteiger partial charge on any atom is 0.165 e. The van der Waals surface area contributed by atoms with Crippen molar-refractivity contribution >= 4 is 10.9 Å². The highest BCUT2D eigenvalue weighted by atomic mass is 19.1. The number of ether oxygens (including phenoxy) is 2. The molecule has 1 aromatic heterocycles. The highest BCUT2D eigenvalue weighted by Gasteiger charge is 2.13. The van der Waals surface area contributed by atoms with Gasteiger partial charge in [-0.15, -0.1) is 0 Å². The number of halogens is 1. The lowest BCUT2D eigenvalue weighted by molar-refractivity contribution is 0.287. The second-order valence-corrected chi connectivity index (χ2v) is 5.73. The van der Waals surface area contributed by atoms with E-state index in [1.54, 1.807) is 12.1 Å². The van der Waals surface area contributed by atoms with E-state index >= 15 is 0 Å². The predicted molar refractivity (Wildman–Crippen MR) is 90.0 cm³/mol. The molecule has 3 aromatic rings. The molecule has 0 saturated heterocycles. The fraction of sp³-hybridized carbons (Fsp3) is 0.278. The van der Waals surface area contributed by atoms with Gasteiger partial charge >= 0.3 is 0 Å². The summed E-state index contributed by atoms with van der Waals surface area (Å²) in [5, 5.41) is 11.6. The molecular weight excluding hydrogens is 309 g/mol. The van der Waals surface area contributed by atoms with Gasteiger partial charge in [0.05, 0.1) is 12.1 Å². The minimum atomic E-state index is -0.369. The molecule has 2 N–H and O–H groups in total. The summed E-state index contributed by atoms with van der Waals surface area (Å²) in [5.41, 5.74) is 2.47. The molecule has 1 aliphatic rings. The van der Waals surface area contributed by atoms with Gasteiger partial charge in [-0.2, -0.15) is 5.10 Å². The number of aromatic amines is 1. The van der Waals surface area contributed by atoms with Crippen LogP contribution in [0.4, 0.5) is 4.39 Å². The van der Waals surface area contributed by atoms with Crippen LogP contribution >= 0.6 is 0 Å². The average molecular weight is 327 g/mol. The molecule has 124 valence electrons. The van der Waals surface area contributed by atoms with E-state index in [2.05, 4.69) is 15.5 Å². The highest BCUT2D eigenvalue weighted by molar-refractivity contribution is 5.93. The van der Waals surface area contributed by atoms with Gasteiger partial charge in [-0.05, 0) is 49.4 Å². The van der Waals surface area contributed by atoms with E-state index in [0.29, 0.717) is 19.8 Å². The summed E-state index contributed by atoms with van der Waals surface area (Å²) in [6.07, 6.45) is 0.887. The molecule has 0 saturated carbocycles. The largest absolute Gasteiger partial charge is 0.494 e. The number of aromatic nitrogens is 2. The molecule has 4 bridgehead atoms. The zero-order valence-corrected chi connectivity index (χ0v) is 13.1. The first-order valence-corrected chi connectivity index (χ1v) is 8.05. The third kappa shape index (κ3) is 2.92. The summed E-state index contributed by atoms with van der Waals surface area (Å²) < 4.78 is 25.4. The maximum absolute atomic E-state index is 14.0. The molecule has 1 aliphatic heterocycles. The molecular formula is C18H18FN3O2. The first-order valence-electron chi connectivity index (χ1n) is 8.05. The van der Waals surface area contributed by atoms with Crippen molar-refractivity contribution in [3.63, 3.8) is 0 Å². The smallest absolute Gasteiger partial charge is 0.165 e. The second-order valence-electron chi connectivity index (χ2n) is 5.73. The number of benzene rings is 2. The zero-order valence-electron chi connectivity index (χ0n) is 13.1. The quantitative estimate of drug-likeness (QED) is 0.666. The Morgan fingerprint density at radius 3 is 2.92 bits per heavy atom. The molecule has 0 aliphatic carbocycles. The summed E-state index contributed by atoms with van der Waals surface area (Å²) in [5.74, 6) is 0.679. The van der Waals surface area contributed by atoms with E-state index in [0.717, 1.165) is 40.9 Å². The maximum atomic E-state index is 14.0. The van der Waals surface area contributed by atoms with Crippen LogP contribution in [0.5, 0.6) is 11.5 Å². The number of nitrogens with zero attached hydrogens (tertiary/aromatic N) is 1. The van der Waals surface area contributed by atoms with Gasteiger partial charge < -0.3 is 14.8 Å². The van der Waals surface area contributed by atoms with Gasteiger partial charge in [0.15, 0.2) is 11.6 Å². The van der Waals surface area contributed by atoms with Crippen LogP contribution in [0, 0.1) is 5.82 Å². The molecule has 5 nitrogen and oxygen atoms in total. The Labute approximate surface area is 138 Å². The van der Waals surface area contributed by atoms with Crippen LogP contribution < -0.4 is 14.8 Å². The van der Waals surface area contributed by atoms with E-state index in [9.17, 15) is 4.39 Å². The highest BCUT2D eigenvalue weighted by Crippen LogP contribution is 2.32. The second kappa shape index (κ2) is 6.49. The Bertz CT molecular complexity index is 863. The fourth-order valence-electron chi connectivity index (χ4n) is 2.81. The van der Waals surface area contributed by atoms with Gasteiger partial charge in [0.2, 0.25) is 0 Å². The van der Waals surface area contributed by atoms with Crippen molar-refractivity contribution < 1.29 is 13.9 Å². The number of fused-ring (bicyclic) bond motifs is 4. The van der Waals surface area contributed by atoms with Gasteiger partial charge in [0.1, 0.15) is 18.1 Å². The molecule has 24 heavy (non-hydrogen) atoms. The molecule has 0 unspecified atom stereocenters. The Hall–Kier alpha value is -2.60. The molecule has 0 amide bonds. The lowest BCUT2D eigenvalue weighted by Crippen LogP contribution is -2.23. The minimum absolute atomic E-state index is 0.243. The van der Waals surface area contributed by atoms with Crippen LogP contribution in [-0.2, 0) is 0 Å².